The molecule has 25 heavy (non-hydrogen) atoms. The number of carbonyl (C=O) groups is 3. The second-order valence-corrected chi connectivity index (χ2v) is 6.80. The molecule has 0 spiro atoms. The number of imide groups is 1. The largest absolute Gasteiger partial charge is 0.326 e. The van der Waals surface area contributed by atoms with Gasteiger partial charge in [-0.3, -0.25) is 14.5 Å². The Kier molecular flexibility index (Phi) is 5.28. The van der Waals surface area contributed by atoms with Gasteiger partial charge in [-0.15, -0.1) is 0 Å². The van der Waals surface area contributed by atoms with E-state index in [1.165, 1.54) is 0 Å². The standard InChI is InChI=1S/C19H17BrN2O3/c20-15-8-4-7-14(11-15)17(23)12-22-18(24)16(21-19(22)25)10-9-13-5-2-1-3-6-13/h1-8,11,16H,9-10,12H2,(H,21,25). The molecule has 1 unspecified atom stereocenters. The third-order valence-corrected chi connectivity index (χ3v) is 4.61. The summed E-state index contributed by atoms with van der Waals surface area (Å²) in [5, 5.41) is 2.67. The number of nitrogens with zero attached hydrogens (tertiary/aromatic N) is 1. The van der Waals surface area contributed by atoms with Gasteiger partial charge in [0.2, 0.25) is 0 Å². The molecule has 1 fully saturated rings. The number of amides is 3. The summed E-state index contributed by atoms with van der Waals surface area (Å²) < 4.78 is 0.774. The van der Waals surface area contributed by atoms with Crippen LogP contribution in [0.3, 0.4) is 0 Å². The van der Waals surface area contributed by atoms with Crippen molar-refractivity contribution in [1.82, 2.24) is 10.2 Å². The predicted molar refractivity (Wildman–Crippen MR) is 97.3 cm³/mol. The van der Waals surface area contributed by atoms with Gasteiger partial charge in [-0.25, -0.2) is 4.79 Å². The molecule has 5 nitrogen and oxygen atoms in total. The highest BCUT2D eigenvalue weighted by Crippen LogP contribution is 2.16. The van der Waals surface area contributed by atoms with Crippen molar-refractivity contribution < 1.29 is 14.4 Å². The van der Waals surface area contributed by atoms with E-state index in [0.29, 0.717) is 18.4 Å². The van der Waals surface area contributed by atoms with Gasteiger partial charge in [0.15, 0.2) is 5.78 Å². The molecule has 1 aliphatic rings. The molecule has 1 N–H and O–H groups in total. The molecule has 3 amide bonds. The van der Waals surface area contributed by atoms with E-state index in [-0.39, 0.29) is 18.2 Å². The maximum atomic E-state index is 12.5. The summed E-state index contributed by atoms with van der Waals surface area (Å²) in [4.78, 5) is 37.9. The van der Waals surface area contributed by atoms with E-state index in [9.17, 15) is 14.4 Å². The summed E-state index contributed by atoms with van der Waals surface area (Å²) in [5.74, 6) is -0.613. The monoisotopic (exact) mass is 400 g/mol. The van der Waals surface area contributed by atoms with Gasteiger partial charge in [-0.05, 0) is 30.5 Å². The fourth-order valence-electron chi connectivity index (χ4n) is 2.77. The molecule has 0 saturated carbocycles. The van der Waals surface area contributed by atoms with Gasteiger partial charge in [-0.1, -0.05) is 58.4 Å². The Morgan fingerprint density at radius 3 is 2.56 bits per heavy atom. The number of halogens is 1. The first kappa shape index (κ1) is 17.4. The molecule has 1 atom stereocenters. The van der Waals surface area contributed by atoms with Crippen LogP contribution in [0.25, 0.3) is 0 Å². The summed E-state index contributed by atoms with van der Waals surface area (Å²) in [6.45, 7) is -0.247. The molecule has 1 heterocycles. The molecule has 6 heteroatoms. The number of nitrogens with one attached hydrogen (secondary N) is 1. The van der Waals surface area contributed by atoms with E-state index in [0.717, 1.165) is 14.9 Å². The van der Waals surface area contributed by atoms with E-state index >= 15 is 0 Å². The van der Waals surface area contributed by atoms with Crippen molar-refractivity contribution in [1.29, 1.82) is 0 Å². The summed E-state index contributed by atoms with van der Waals surface area (Å²) in [5.41, 5.74) is 1.57. The maximum absolute atomic E-state index is 12.5. The Balaban J connectivity index is 1.62. The van der Waals surface area contributed by atoms with Crippen molar-refractivity contribution in [2.45, 2.75) is 18.9 Å². The van der Waals surface area contributed by atoms with E-state index in [4.69, 9.17) is 0 Å². The fourth-order valence-corrected chi connectivity index (χ4v) is 3.17. The molecule has 0 bridgehead atoms. The molecule has 3 rings (SSSR count). The molecular formula is C19H17BrN2O3. The van der Waals surface area contributed by atoms with Gasteiger partial charge >= 0.3 is 6.03 Å². The van der Waals surface area contributed by atoms with E-state index in [1.807, 2.05) is 36.4 Å². The van der Waals surface area contributed by atoms with Crippen molar-refractivity contribution >= 4 is 33.7 Å². The minimum atomic E-state index is -0.581. The Hall–Kier alpha value is -2.47. The van der Waals surface area contributed by atoms with Gasteiger partial charge in [0, 0.05) is 10.0 Å². The fraction of sp³-hybridized carbons (Fsp3) is 0.211. The second-order valence-electron chi connectivity index (χ2n) is 5.88. The SMILES string of the molecule is O=C(CN1C(=O)NC(CCc2ccccc2)C1=O)c1cccc(Br)c1. The Morgan fingerprint density at radius 2 is 1.84 bits per heavy atom. The summed E-state index contributed by atoms with van der Waals surface area (Å²) in [6, 6.07) is 15.6. The van der Waals surface area contributed by atoms with Crippen molar-refractivity contribution in [2.24, 2.45) is 0 Å². The van der Waals surface area contributed by atoms with E-state index < -0.39 is 12.1 Å². The van der Waals surface area contributed by atoms with Crippen LogP contribution in [-0.2, 0) is 11.2 Å². The van der Waals surface area contributed by atoms with E-state index in [1.54, 1.807) is 18.2 Å². The molecule has 0 radical (unpaired) electrons. The van der Waals surface area contributed by atoms with Gasteiger partial charge in [0.1, 0.15) is 6.04 Å². The number of hydrogen-bond acceptors (Lipinski definition) is 3. The molecule has 128 valence electrons. The van der Waals surface area contributed by atoms with Crippen LogP contribution in [0.4, 0.5) is 4.79 Å². The summed E-state index contributed by atoms with van der Waals surface area (Å²) in [7, 11) is 0. The van der Waals surface area contributed by atoms with Crippen LogP contribution in [-0.4, -0.2) is 35.2 Å². The highest BCUT2D eigenvalue weighted by molar-refractivity contribution is 9.10. The predicted octanol–water partition coefficient (Wildman–Crippen LogP) is 3.19. The molecule has 2 aromatic rings. The van der Waals surface area contributed by atoms with Crippen LogP contribution >= 0.6 is 15.9 Å². The molecule has 0 aliphatic carbocycles. The average molecular weight is 401 g/mol. The molecule has 1 aliphatic heterocycles. The number of hydrogen-bond donors (Lipinski definition) is 1. The van der Waals surface area contributed by atoms with Crippen molar-refractivity contribution in [3.05, 3.63) is 70.2 Å². The summed E-state index contributed by atoms with van der Waals surface area (Å²) in [6.07, 6.45) is 1.20. The highest BCUT2D eigenvalue weighted by atomic mass is 79.9. The third-order valence-electron chi connectivity index (χ3n) is 4.12. The van der Waals surface area contributed by atoms with Crippen LogP contribution in [0.5, 0.6) is 0 Å². The Labute approximate surface area is 154 Å². The van der Waals surface area contributed by atoms with Crippen LogP contribution in [0.15, 0.2) is 59.1 Å². The maximum Gasteiger partial charge on any atom is 0.325 e. The van der Waals surface area contributed by atoms with Gasteiger partial charge in [-0.2, -0.15) is 0 Å². The van der Waals surface area contributed by atoms with Gasteiger partial charge in [0.05, 0.1) is 6.54 Å². The number of carbonyl (C=O) groups excluding carboxylic acids is 3. The lowest BCUT2D eigenvalue weighted by atomic mass is 10.1. The van der Waals surface area contributed by atoms with Gasteiger partial charge in [0.25, 0.3) is 5.91 Å². The normalized spacial score (nSPS) is 16.8. The van der Waals surface area contributed by atoms with Crippen molar-refractivity contribution in [2.75, 3.05) is 6.54 Å². The lowest BCUT2D eigenvalue weighted by molar-refractivity contribution is -0.127. The lowest BCUT2D eigenvalue weighted by Crippen LogP contribution is -2.36. The summed E-state index contributed by atoms with van der Waals surface area (Å²) >= 11 is 3.31. The van der Waals surface area contributed by atoms with Crippen LogP contribution in [0.2, 0.25) is 0 Å². The van der Waals surface area contributed by atoms with Crippen LogP contribution < -0.4 is 5.32 Å². The Morgan fingerprint density at radius 1 is 1.08 bits per heavy atom. The minimum absolute atomic E-state index is 0.247. The first-order chi connectivity index (χ1) is 12.0. The number of rotatable bonds is 6. The number of benzene rings is 2. The zero-order chi connectivity index (χ0) is 17.8. The average Bonchev–Trinajstić information content (AvgIpc) is 2.88. The molecule has 2 aromatic carbocycles. The first-order valence-corrected chi connectivity index (χ1v) is 8.78. The van der Waals surface area contributed by atoms with E-state index in [2.05, 4.69) is 21.2 Å². The quantitative estimate of drug-likeness (QED) is 0.597. The number of aryl methyl sites for hydroxylation is 1. The zero-order valence-electron chi connectivity index (χ0n) is 13.4. The lowest BCUT2D eigenvalue weighted by Gasteiger charge is -2.12. The van der Waals surface area contributed by atoms with Gasteiger partial charge < -0.3 is 5.32 Å². The molecular weight excluding hydrogens is 384 g/mol. The second kappa shape index (κ2) is 7.61. The number of ketones is 1. The topological polar surface area (TPSA) is 66.5 Å². The van der Waals surface area contributed by atoms with Crippen molar-refractivity contribution in [3.8, 4) is 0 Å². The molecule has 1 saturated heterocycles. The minimum Gasteiger partial charge on any atom is -0.326 e. The highest BCUT2D eigenvalue weighted by Gasteiger charge is 2.38. The Bertz CT molecular complexity index is 807. The molecule has 0 aromatic heterocycles. The van der Waals surface area contributed by atoms with Crippen LogP contribution in [0.1, 0.15) is 22.3 Å². The number of Topliss-reactive ketones (excluding diaryl/α,β-unsaturated/α-hetero) is 1. The third kappa shape index (κ3) is 4.14. The van der Waals surface area contributed by atoms with Crippen molar-refractivity contribution in [3.63, 3.8) is 0 Å². The zero-order valence-corrected chi connectivity index (χ0v) is 15.0. The number of urea groups is 1. The first-order valence-electron chi connectivity index (χ1n) is 7.99. The smallest absolute Gasteiger partial charge is 0.325 e. The van der Waals surface area contributed by atoms with Crippen LogP contribution in [0, 0.1) is 0 Å².